The van der Waals surface area contributed by atoms with Gasteiger partial charge in [-0.15, -0.1) is 11.3 Å². The first-order chi connectivity index (χ1) is 9.91. The lowest BCUT2D eigenvalue weighted by Crippen LogP contribution is -2.29. The minimum atomic E-state index is -3.60. The van der Waals surface area contributed by atoms with Crippen LogP contribution in [0.5, 0.6) is 0 Å². The molecule has 0 fully saturated rings. The number of carbonyl (C=O) groups excluding carboxylic acids is 1. The molecule has 0 radical (unpaired) electrons. The van der Waals surface area contributed by atoms with Gasteiger partial charge in [-0.25, -0.2) is 8.42 Å². The van der Waals surface area contributed by atoms with Crippen molar-refractivity contribution in [1.29, 1.82) is 0 Å². The third-order valence-electron chi connectivity index (χ3n) is 2.91. The maximum absolute atomic E-state index is 12.8. The van der Waals surface area contributed by atoms with E-state index in [1.807, 2.05) is 5.38 Å². The highest BCUT2D eigenvalue weighted by Crippen LogP contribution is 2.31. The second-order valence-corrected chi connectivity index (χ2v) is 7.99. The summed E-state index contributed by atoms with van der Waals surface area (Å²) in [4.78, 5) is 12.0. The van der Waals surface area contributed by atoms with E-state index in [9.17, 15) is 13.2 Å². The Bertz CT molecular complexity index is 709. The van der Waals surface area contributed by atoms with Crippen LogP contribution in [0, 0.1) is 0 Å². The van der Waals surface area contributed by atoms with Gasteiger partial charge in [-0.05, 0) is 35.7 Å². The van der Waals surface area contributed by atoms with Crippen LogP contribution in [0.4, 0.5) is 0 Å². The van der Waals surface area contributed by atoms with Crippen LogP contribution >= 0.6 is 22.9 Å². The summed E-state index contributed by atoms with van der Waals surface area (Å²) in [6, 6.07) is 9.58. The fourth-order valence-corrected chi connectivity index (χ4v) is 4.77. The largest absolute Gasteiger partial charge is 0.355 e. The van der Waals surface area contributed by atoms with Gasteiger partial charge in [0.2, 0.25) is 5.91 Å². The smallest absolute Gasteiger partial charge is 0.216 e. The van der Waals surface area contributed by atoms with E-state index in [1.165, 1.54) is 30.4 Å². The van der Waals surface area contributed by atoms with Crippen molar-refractivity contribution in [1.82, 2.24) is 5.32 Å². The van der Waals surface area contributed by atoms with E-state index in [0.717, 1.165) is 0 Å². The molecule has 0 spiro atoms. The molecule has 0 bridgehead atoms. The Morgan fingerprint density at radius 3 is 2.48 bits per heavy atom. The average Bonchev–Trinajstić information content (AvgIpc) is 2.92. The van der Waals surface area contributed by atoms with Gasteiger partial charge in [0.25, 0.3) is 0 Å². The van der Waals surface area contributed by atoms with Gasteiger partial charge in [0, 0.05) is 23.4 Å². The molecule has 7 heteroatoms. The Kier molecular flexibility index (Phi) is 5.03. The number of rotatable bonds is 5. The van der Waals surface area contributed by atoms with E-state index in [0.29, 0.717) is 9.90 Å². The van der Waals surface area contributed by atoms with E-state index in [2.05, 4.69) is 5.32 Å². The Morgan fingerprint density at radius 1 is 1.29 bits per heavy atom. The lowest BCUT2D eigenvalue weighted by molar-refractivity contribution is -0.118. The number of benzene rings is 1. The number of hydrogen-bond donors (Lipinski definition) is 1. The third kappa shape index (κ3) is 3.84. The van der Waals surface area contributed by atoms with Crippen LogP contribution in [0.15, 0.2) is 46.7 Å². The van der Waals surface area contributed by atoms with Crippen LogP contribution < -0.4 is 5.32 Å². The zero-order chi connectivity index (χ0) is 15.5. The van der Waals surface area contributed by atoms with Gasteiger partial charge in [-0.2, -0.15) is 0 Å². The zero-order valence-corrected chi connectivity index (χ0v) is 13.6. The molecule has 1 heterocycles. The fraction of sp³-hybridized carbons (Fsp3) is 0.214. The highest BCUT2D eigenvalue weighted by atomic mass is 35.5. The van der Waals surface area contributed by atoms with E-state index in [1.54, 1.807) is 24.3 Å². The second-order valence-electron chi connectivity index (χ2n) is 4.44. The van der Waals surface area contributed by atoms with Crippen molar-refractivity contribution in [2.75, 3.05) is 6.54 Å². The summed E-state index contributed by atoms with van der Waals surface area (Å²) in [6.07, 6.45) is 0. The van der Waals surface area contributed by atoms with Gasteiger partial charge in [-0.3, -0.25) is 4.79 Å². The van der Waals surface area contributed by atoms with Crippen LogP contribution in [0.3, 0.4) is 0 Å². The maximum Gasteiger partial charge on any atom is 0.216 e. The van der Waals surface area contributed by atoms with Crippen molar-refractivity contribution in [3.05, 3.63) is 51.7 Å². The van der Waals surface area contributed by atoms with Gasteiger partial charge < -0.3 is 5.32 Å². The summed E-state index contributed by atoms with van der Waals surface area (Å²) in [7, 11) is -3.60. The van der Waals surface area contributed by atoms with Gasteiger partial charge in [-0.1, -0.05) is 17.7 Å². The summed E-state index contributed by atoms with van der Waals surface area (Å²) in [5, 5.41) is 4.07. The molecule has 21 heavy (non-hydrogen) atoms. The lowest BCUT2D eigenvalue weighted by Gasteiger charge is -2.17. The van der Waals surface area contributed by atoms with Gasteiger partial charge >= 0.3 is 0 Å². The monoisotopic (exact) mass is 343 g/mol. The van der Waals surface area contributed by atoms with Crippen molar-refractivity contribution in [3.8, 4) is 0 Å². The summed E-state index contributed by atoms with van der Waals surface area (Å²) in [5.74, 6) is -0.261. The fourth-order valence-electron chi connectivity index (χ4n) is 1.86. The molecule has 0 aliphatic carbocycles. The molecule has 0 aliphatic heterocycles. The number of hydrogen-bond acceptors (Lipinski definition) is 4. The van der Waals surface area contributed by atoms with Gasteiger partial charge in [0.05, 0.1) is 4.90 Å². The zero-order valence-electron chi connectivity index (χ0n) is 11.2. The molecule has 0 aliphatic rings. The van der Waals surface area contributed by atoms with Gasteiger partial charge in [0.15, 0.2) is 9.84 Å². The van der Waals surface area contributed by atoms with E-state index in [4.69, 9.17) is 11.6 Å². The van der Waals surface area contributed by atoms with Crippen LogP contribution in [0.25, 0.3) is 0 Å². The van der Waals surface area contributed by atoms with Crippen molar-refractivity contribution >= 4 is 38.7 Å². The van der Waals surface area contributed by atoms with Crippen molar-refractivity contribution in [2.45, 2.75) is 17.1 Å². The van der Waals surface area contributed by atoms with Gasteiger partial charge in [0.1, 0.15) is 5.25 Å². The number of amides is 1. The van der Waals surface area contributed by atoms with Crippen LogP contribution in [0.1, 0.15) is 17.1 Å². The molecule has 1 aromatic carbocycles. The number of halogens is 1. The van der Waals surface area contributed by atoms with E-state index >= 15 is 0 Å². The number of nitrogens with one attached hydrogen (secondary N) is 1. The first-order valence-electron chi connectivity index (χ1n) is 6.18. The molecule has 2 aromatic rings. The molecule has 0 saturated carbocycles. The number of carbonyl (C=O) groups is 1. The number of thiophene rings is 1. The molecule has 1 aromatic heterocycles. The Labute approximate surface area is 132 Å². The molecule has 0 saturated heterocycles. The first-order valence-corrected chi connectivity index (χ1v) is 8.99. The number of sulfone groups is 1. The quantitative estimate of drug-likeness (QED) is 0.907. The molecule has 112 valence electrons. The molecule has 1 amide bonds. The summed E-state index contributed by atoms with van der Waals surface area (Å²) in [5.41, 5.74) is 0. The second kappa shape index (κ2) is 6.60. The van der Waals surface area contributed by atoms with Crippen molar-refractivity contribution < 1.29 is 13.2 Å². The summed E-state index contributed by atoms with van der Waals surface area (Å²) >= 11 is 7.14. The summed E-state index contributed by atoms with van der Waals surface area (Å²) in [6.45, 7) is 1.40. The van der Waals surface area contributed by atoms with E-state index in [-0.39, 0.29) is 17.3 Å². The van der Waals surface area contributed by atoms with Crippen LogP contribution in [-0.2, 0) is 14.6 Å². The lowest BCUT2D eigenvalue weighted by atomic mass is 10.3. The maximum atomic E-state index is 12.8. The molecule has 2 rings (SSSR count). The molecule has 1 atom stereocenters. The third-order valence-corrected chi connectivity index (χ3v) is 6.40. The van der Waals surface area contributed by atoms with Crippen LogP contribution in [0.2, 0.25) is 5.02 Å². The predicted molar refractivity (Wildman–Crippen MR) is 84.4 cm³/mol. The summed E-state index contributed by atoms with van der Waals surface area (Å²) < 4.78 is 25.5. The minimum absolute atomic E-state index is 0.0425. The van der Waals surface area contributed by atoms with Crippen molar-refractivity contribution in [3.63, 3.8) is 0 Å². The normalized spacial score (nSPS) is 12.9. The topological polar surface area (TPSA) is 63.2 Å². The Balaban J connectivity index is 2.39. The van der Waals surface area contributed by atoms with Crippen molar-refractivity contribution in [2.24, 2.45) is 0 Å². The predicted octanol–water partition coefficient (Wildman–Crippen LogP) is 3.05. The Hall–Kier alpha value is -1.37. The minimum Gasteiger partial charge on any atom is -0.355 e. The van der Waals surface area contributed by atoms with E-state index < -0.39 is 15.1 Å². The highest BCUT2D eigenvalue weighted by Gasteiger charge is 2.30. The SMILES string of the molecule is CC(=O)NC[C@H](c1cccs1)S(=O)(=O)c1ccc(Cl)cc1. The van der Waals surface area contributed by atoms with Crippen LogP contribution in [-0.4, -0.2) is 20.9 Å². The molecule has 0 unspecified atom stereocenters. The molecular formula is C14H14ClNO3S2. The molecular weight excluding hydrogens is 330 g/mol. The standard InChI is InChI=1S/C14H14ClNO3S2/c1-10(17)16-9-14(13-3-2-8-20-13)21(18,19)12-6-4-11(15)5-7-12/h2-8,14H,9H2,1H3,(H,16,17)/t14-/m1/s1. The molecule has 1 N–H and O–H groups in total. The first kappa shape index (κ1) is 16.0. The molecule has 4 nitrogen and oxygen atoms in total. The highest BCUT2D eigenvalue weighted by molar-refractivity contribution is 7.91. The average molecular weight is 344 g/mol. The Morgan fingerprint density at radius 2 is 1.95 bits per heavy atom.